The molecule has 6 nitrogen and oxygen atoms in total. The zero-order valence-corrected chi connectivity index (χ0v) is 18.4. The third kappa shape index (κ3) is 4.51. The number of nitrogens with one attached hydrogen (secondary N) is 1. The maximum atomic E-state index is 13.9. The number of sulfonamides is 1. The van der Waals surface area contributed by atoms with Crippen molar-refractivity contribution < 1.29 is 30.8 Å². The van der Waals surface area contributed by atoms with Crippen LogP contribution in [0.4, 0.5) is 17.6 Å². The molecule has 1 N–H and O–H groups in total. The lowest BCUT2D eigenvalue weighted by atomic mass is 9.99. The van der Waals surface area contributed by atoms with Gasteiger partial charge in [-0.1, -0.05) is 31.2 Å². The molecular formula is C23H17F4N3O3S. The van der Waals surface area contributed by atoms with Crippen molar-refractivity contribution in [1.82, 2.24) is 14.3 Å². The molecule has 0 aliphatic carbocycles. The zero-order valence-electron chi connectivity index (χ0n) is 17.6. The van der Waals surface area contributed by atoms with Crippen LogP contribution in [0.25, 0.3) is 27.9 Å². The fourth-order valence-corrected chi connectivity index (χ4v) is 4.48. The number of hydrogen-bond acceptors (Lipinski definition) is 4. The predicted molar refractivity (Wildman–Crippen MR) is 117 cm³/mol. The first kappa shape index (κ1) is 23.4. The first-order valence-corrected chi connectivity index (χ1v) is 11.5. The summed E-state index contributed by atoms with van der Waals surface area (Å²) in [5, 5.41) is 4.27. The molecule has 11 heteroatoms. The molecule has 176 valence electrons. The number of fused-ring (bicyclic) bond motifs is 1. The lowest BCUT2D eigenvalue weighted by Gasteiger charge is -2.09. The van der Waals surface area contributed by atoms with Gasteiger partial charge in [-0.25, -0.2) is 22.0 Å². The van der Waals surface area contributed by atoms with Gasteiger partial charge < -0.3 is 0 Å². The lowest BCUT2D eigenvalue weighted by molar-refractivity contribution is -0.137. The molecule has 0 atom stereocenters. The van der Waals surface area contributed by atoms with Crippen LogP contribution in [0.5, 0.6) is 0 Å². The summed E-state index contributed by atoms with van der Waals surface area (Å²) in [5.41, 5.74) is 0.777. The van der Waals surface area contributed by atoms with Crippen LogP contribution in [-0.2, 0) is 21.0 Å². The Morgan fingerprint density at radius 1 is 1.03 bits per heavy atom. The van der Waals surface area contributed by atoms with E-state index in [4.69, 9.17) is 0 Å². The second-order valence-corrected chi connectivity index (χ2v) is 9.07. The smallest absolute Gasteiger partial charge is 0.274 e. The number of benzene rings is 2. The van der Waals surface area contributed by atoms with Crippen LogP contribution in [0.1, 0.15) is 18.9 Å². The Morgan fingerprint density at radius 3 is 2.35 bits per heavy atom. The molecule has 0 bridgehead atoms. The maximum absolute atomic E-state index is 13.9. The standard InChI is InChI=1S/C23H17F4N3O3S/c1-2-20(31)29-34(32,33)18-9-6-14(7-10-18)21-19-11-8-16(23(25,26)27)13-30(19)28-22(21)15-4-3-5-17(24)12-15/h3-13H,2H2,1H3,(H,29,31). The van der Waals surface area contributed by atoms with Gasteiger partial charge in [-0.3, -0.25) is 4.79 Å². The minimum absolute atomic E-state index is 0.0172. The van der Waals surface area contributed by atoms with E-state index >= 15 is 0 Å². The van der Waals surface area contributed by atoms with Crippen molar-refractivity contribution in [2.45, 2.75) is 24.4 Å². The molecule has 4 rings (SSSR count). The number of aromatic nitrogens is 2. The Bertz CT molecular complexity index is 1490. The molecule has 2 aromatic carbocycles. The molecule has 0 saturated heterocycles. The highest BCUT2D eigenvalue weighted by Crippen LogP contribution is 2.37. The number of amides is 1. The van der Waals surface area contributed by atoms with E-state index in [2.05, 4.69) is 5.10 Å². The number of hydrogen-bond donors (Lipinski definition) is 1. The Labute approximate surface area is 191 Å². The minimum Gasteiger partial charge on any atom is -0.274 e. The molecule has 34 heavy (non-hydrogen) atoms. The monoisotopic (exact) mass is 491 g/mol. The number of halogens is 4. The number of carbonyl (C=O) groups excluding carboxylic acids is 1. The topological polar surface area (TPSA) is 80.5 Å². The van der Waals surface area contributed by atoms with Crippen molar-refractivity contribution in [2.24, 2.45) is 0 Å². The van der Waals surface area contributed by atoms with Gasteiger partial charge in [-0.15, -0.1) is 0 Å². The molecule has 0 radical (unpaired) electrons. The quantitative estimate of drug-likeness (QED) is 0.397. The van der Waals surface area contributed by atoms with Gasteiger partial charge in [0.15, 0.2) is 0 Å². The second kappa shape index (κ2) is 8.56. The maximum Gasteiger partial charge on any atom is 0.417 e. The third-order valence-electron chi connectivity index (χ3n) is 5.08. The van der Waals surface area contributed by atoms with Gasteiger partial charge in [0.2, 0.25) is 5.91 Å². The highest BCUT2D eigenvalue weighted by molar-refractivity contribution is 7.90. The number of nitrogens with zero attached hydrogens (tertiary/aromatic N) is 2. The summed E-state index contributed by atoms with van der Waals surface area (Å²) >= 11 is 0. The molecule has 0 aliphatic rings. The molecule has 0 spiro atoms. The van der Waals surface area contributed by atoms with Crippen molar-refractivity contribution in [1.29, 1.82) is 0 Å². The van der Waals surface area contributed by atoms with Crippen molar-refractivity contribution >= 4 is 21.4 Å². The Balaban J connectivity index is 1.88. The second-order valence-electron chi connectivity index (χ2n) is 7.39. The molecule has 0 aliphatic heterocycles. The molecule has 0 unspecified atom stereocenters. The summed E-state index contributed by atoms with van der Waals surface area (Å²) in [6, 6.07) is 13.0. The van der Waals surface area contributed by atoms with Gasteiger partial charge in [-0.05, 0) is 42.0 Å². The van der Waals surface area contributed by atoms with Gasteiger partial charge in [0.05, 0.1) is 16.0 Å². The zero-order chi connectivity index (χ0) is 24.7. The van der Waals surface area contributed by atoms with Crippen LogP contribution >= 0.6 is 0 Å². The van der Waals surface area contributed by atoms with Gasteiger partial charge in [-0.2, -0.15) is 18.3 Å². The van der Waals surface area contributed by atoms with Crippen molar-refractivity contribution in [2.75, 3.05) is 0 Å². The van der Waals surface area contributed by atoms with Crippen LogP contribution in [0.3, 0.4) is 0 Å². The highest BCUT2D eigenvalue weighted by Gasteiger charge is 2.31. The van der Waals surface area contributed by atoms with E-state index < -0.39 is 33.5 Å². The van der Waals surface area contributed by atoms with Crippen LogP contribution in [0, 0.1) is 5.82 Å². The summed E-state index contributed by atoms with van der Waals surface area (Å²) in [6.45, 7) is 1.51. The fraction of sp³-hybridized carbons (Fsp3) is 0.130. The van der Waals surface area contributed by atoms with Crippen LogP contribution in [-0.4, -0.2) is 23.9 Å². The van der Waals surface area contributed by atoms with Gasteiger partial charge >= 0.3 is 6.18 Å². The van der Waals surface area contributed by atoms with Crippen LogP contribution in [0.15, 0.2) is 71.8 Å². The van der Waals surface area contributed by atoms with Crippen molar-refractivity contribution in [3.05, 3.63) is 78.2 Å². The summed E-state index contributed by atoms with van der Waals surface area (Å²) in [5.74, 6) is -1.22. The molecule has 4 aromatic rings. The van der Waals surface area contributed by atoms with Gasteiger partial charge in [0, 0.05) is 23.7 Å². The normalized spacial score (nSPS) is 12.1. The Kier molecular flexibility index (Phi) is 5.90. The van der Waals surface area contributed by atoms with E-state index in [0.29, 0.717) is 22.2 Å². The van der Waals surface area contributed by atoms with Crippen molar-refractivity contribution in [3.8, 4) is 22.4 Å². The summed E-state index contributed by atoms with van der Waals surface area (Å²) in [4.78, 5) is 11.4. The van der Waals surface area contributed by atoms with E-state index in [9.17, 15) is 30.8 Å². The molecule has 1 amide bonds. The van der Waals surface area contributed by atoms with Crippen LogP contribution in [0.2, 0.25) is 0 Å². The van der Waals surface area contributed by atoms with Gasteiger partial charge in [0.1, 0.15) is 11.5 Å². The largest absolute Gasteiger partial charge is 0.417 e. The molecule has 2 heterocycles. The summed E-state index contributed by atoms with van der Waals surface area (Å²) < 4.78 is 81.3. The summed E-state index contributed by atoms with van der Waals surface area (Å²) in [7, 11) is -4.08. The Morgan fingerprint density at radius 2 is 1.74 bits per heavy atom. The van der Waals surface area contributed by atoms with Crippen molar-refractivity contribution in [3.63, 3.8) is 0 Å². The average molecular weight is 491 g/mol. The van der Waals surface area contributed by atoms with Crippen LogP contribution < -0.4 is 4.72 Å². The fourth-order valence-electron chi connectivity index (χ4n) is 3.42. The first-order valence-electron chi connectivity index (χ1n) is 10.0. The lowest BCUT2D eigenvalue weighted by Crippen LogP contribution is -2.29. The Hall–Kier alpha value is -3.73. The summed E-state index contributed by atoms with van der Waals surface area (Å²) in [6.07, 6.45) is -3.77. The van der Waals surface area contributed by atoms with E-state index in [0.717, 1.165) is 16.8 Å². The highest BCUT2D eigenvalue weighted by atomic mass is 32.2. The number of rotatable bonds is 5. The minimum atomic E-state index is -4.59. The van der Waals surface area contributed by atoms with E-state index in [1.807, 2.05) is 4.72 Å². The first-order chi connectivity index (χ1) is 16.0. The van der Waals surface area contributed by atoms with Gasteiger partial charge in [0.25, 0.3) is 10.0 Å². The average Bonchev–Trinajstić information content (AvgIpc) is 3.17. The number of alkyl halides is 3. The van der Waals surface area contributed by atoms with E-state index in [1.165, 1.54) is 55.5 Å². The molecule has 2 aromatic heterocycles. The van der Waals surface area contributed by atoms with E-state index in [-0.39, 0.29) is 17.0 Å². The predicted octanol–water partition coefficient (Wildman–Crippen LogP) is 5.04. The third-order valence-corrected chi connectivity index (χ3v) is 6.47. The molecule has 0 saturated carbocycles. The van der Waals surface area contributed by atoms with E-state index in [1.54, 1.807) is 6.07 Å². The number of carbonyl (C=O) groups is 1. The number of pyridine rings is 1. The SMILES string of the molecule is CCC(=O)NS(=O)(=O)c1ccc(-c2c(-c3cccc(F)c3)nn3cc(C(F)(F)F)ccc23)cc1. The molecule has 0 fully saturated rings. The molecular weight excluding hydrogens is 474 g/mol.